The Balaban J connectivity index is 0.726. The summed E-state index contributed by atoms with van der Waals surface area (Å²) in [5.41, 5.74) is 6.38. The van der Waals surface area contributed by atoms with Crippen molar-refractivity contribution in [3.8, 4) is 0 Å². The summed E-state index contributed by atoms with van der Waals surface area (Å²) in [6, 6.07) is 27.5. The first-order valence-electron chi connectivity index (χ1n) is 33.8. The van der Waals surface area contributed by atoms with Crippen molar-refractivity contribution in [1.82, 2.24) is 44.8 Å². The van der Waals surface area contributed by atoms with E-state index in [1.807, 2.05) is 51.4 Å². The van der Waals surface area contributed by atoms with Crippen LogP contribution in [0.1, 0.15) is 50.8 Å². The van der Waals surface area contributed by atoms with Gasteiger partial charge in [-0.15, -0.1) is 0 Å². The minimum Gasteiger partial charge on any atom is -0.378 e. The van der Waals surface area contributed by atoms with Gasteiger partial charge in [0.1, 0.15) is 0 Å². The first-order chi connectivity index (χ1) is 49.5. The van der Waals surface area contributed by atoms with Crippen LogP contribution in [-0.4, -0.2) is 263 Å². The number of carbonyl (C=O) groups is 3. The molecule has 0 saturated heterocycles. The van der Waals surface area contributed by atoms with Gasteiger partial charge in [-0.1, -0.05) is 82.8 Å². The number of likely N-dealkylation sites (N-methyl/N-ethyl adjacent to an activating group) is 2. The van der Waals surface area contributed by atoms with E-state index in [-0.39, 0.29) is 204 Å². The maximum Gasteiger partial charge on any atom is 0.240 e. The number of sulfonamides is 3. The highest BCUT2D eigenvalue weighted by molar-refractivity contribution is 7.90. The van der Waals surface area contributed by atoms with Gasteiger partial charge in [0.15, 0.2) is 0 Å². The predicted molar refractivity (Wildman–Crippen MR) is 392 cm³/mol. The second kappa shape index (κ2) is 44.9. The summed E-state index contributed by atoms with van der Waals surface area (Å²) < 4.78 is 136. The fourth-order valence-electron chi connectivity index (χ4n) is 11.2. The van der Waals surface area contributed by atoms with Crippen LogP contribution in [0, 0.1) is 6.92 Å². The van der Waals surface area contributed by atoms with Crippen LogP contribution in [0.2, 0.25) is 20.1 Å². The van der Waals surface area contributed by atoms with Crippen molar-refractivity contribution >= 4 is 94.2 Å². The number of hydrogen-bond acceptors (Lipinski definition) is 21. The van der Waals surface area contributed by atoms with Crippen molar-refractivity contribution in [2.24, 2.45) is 0 Å². The molecule has 2 atom stereocenters. The normalized spacial score (nSPS) is 15.1. The topological polar surface area (TPSA) is 319 Å². The lowest BCUT2D eigenvalue weighted by atomic mass is 9.85. The van der Waals surface area contributed by atoms with E-state index in [0.29, 0.717) is 46.3 Å². The summed E-state index contributed by atoms with van der Waals surface area (Å²) >= 11 is 25.8. The Morgan fingerprint density at radius 2 is 0.699 bits per heavy atom. The van der Waals surface area contributed by atoms with Crippen molar-refractivity contribution in [3.05, 3.63) is 156 Å². The van der Waals surface area contributed by atoms with E-state index >= 15 is 0 Å². The van der Waals surface area contributed by atoms with E-state index in [1.165, 1.54) is 11.0 Å². The van der Waals surface area contributed by atoms with Crippen LogP contribution < -0.4 is 30.1 Å². The molecule has 2 unspecified atom stereocenters. The summed E-state index contributed by atoms with van der Waals surface area (Å²) in [5, 5.41) is 10.4. The second-order valence-corrected chi connectivity index (χ2v) is 31.3. The van der Waals surface area contributed by atoms with Gasteiger partial charge in [0.05, 0.1) is 153 Å². The second-order valence-electron chi connectivity index (χ2n) is 24.3. The lowest BCUT2D eigenvalue weighted by Crippen LogP contribution is -2.48. The number of ether oxygens (including phenoxy) is 9. The third-order valence-electron chi connectivity index (χ3n) is 16.1. The molecule has 34 heteroatoms. The molecule has 570 valence electrons. The number of carbonyl (C=O) groups excluding carboxylic acids is 3. The van der Waals surface area contributed by atoms with Gasteiger partial charge in [0.25, 0.3) is 0 Å². The summed E-state index contributed by atoms with van der Waals surface area (Å²) in [6.07, 6.45) is 0. The Kier molecular flexibility index (Phi) is 37.1. The predicted octanol–water partition coefficient (Wildman–Crippen LogP) is 4.80. The van der Waals surface area contributed by atoms with Gasteiger partial charge < -0.3 is 68.4 Å². The smallest absolute Gasteiger partial charge is 0.240 e. The molecule has 0 bridgehead atoms. The fourth-order valence-corrected chi connectivity index (χ4v) is 15.6. The summed E-state index contributed by atoms with van der Waals surface area (Å²) in [4.78, 5) is 45.4. The van der Waals surface area contributed by atoms with Gasteiger partial charge in [-0.2, -0.15) is 0 Å². The van der Waals surface area contributed by atoms with Crippen LogP contribution in [0.5, 0.6) is 0 Å². The Morgan fingerprint density at radius 1 is 0.408 bits per heavy atom. The molecule has 103 heavy (non-hydrogen) atoms. The zero-order valence-electron chi connectivity index (χ0n) is 58.2. The third kappa shape index (κ3) is 30.2. The number of benzene rings is 5. The first-order valence-corrected chi connectivity index (χ1v) is 39.7. The van der Waals surface area contributed by atoms with Crippen LogP contribution in [-0.2, 0) is 100 Å². The highest BCUT2D eigenvalue weighted by atomic mass is 35.5. The highest BCUT2D eigenvalue weighted by Crippen LogP contribution is 2.40. The summed E-state index contributed by atoms with van der Waals surface area (Å²) in [7, 11) is -7.36. The zero-order chi connectivity index (χ0) is 74.0. The largest absolute Gasteiger partial charge is 0.378 e. The van der Waals surface area contributed by atoms with E-state index in [1.54, 1.807) is 60.7 Å². The number of fused-ring (bicyclic) bond motifs is 2. The quantitative estimate of drug-likeness (QED) is 0.0285. The van der Waals surface area contributed by atoms with Crippen molar-refractivity contribution < 1.29 is 82.3 Å². The molecule has 3 amide bonds. The number of amides is 3. The monoisotopic (exact) mass is 1570 g/mol. The molecule has 0 aromatic heterocycles. The molecular weight excluding hydrogens is 1480 g/mol. The number of nitrogens with zero attached hydrogens (tertiary/aromatic N) is 3. The molecule has 27 nitrogen and oxygen atoms in total. The minimum atomic E-state index is -3.85. The molecule has 7 rings (SSSR count). The van der Waals surface area contributed by atoms with Gasteiger partial charge >= 0.3 is 0 Å². The summed E-state index contributed by atoms with van der Waals surface area (Å²) in [6.45, 7) is 7.77. The van der Waals surface area contributed by atoms with Gasteiger partial charge in [0, 0.05) is 97.4 Å². The molecule has 2 heterocycles. The lowest BCUT2D eigenvalue weighted by Gasteiger charge is -2.33. The molecule has 0 radical (unpaired) electrons. The SMILES string of the molecule is Cc1cccc(S(=O)(=O)NCCOCCOCCOCCNC(=O)CN(CC(=O)NCCOCCOCCOCCNS(=O)(=O)c2cccc(C3CN(C)Cc4c(Cl)cc(Cl)cc43)c2)CC(=O)NCCOCCOCCOCCNS(=O)(=O)c2cccc(C3CN(C)Cc4c(Cl)cc(Cl)cc43)c2)c1. The maximum atomic E-state index is 13.3. The van der Waals surface area contributed by atoms with Gasteiger partial charge in [-0.05, 0) is 121 Å². The standard InChI is InChI=1S/C69H95Cl4N9O18S3/c1-51-7-4-10-56(37-51)101(86,87)77-16-22-95-28-34-98-31-25-92-19-13-74-67(83)48-82(49-68(84)75-14-20-93-26-32-99-35-29-96-23-17-78-102(88,89)57-11-5-8-52(38-57)61-44-80(2)46-63-59(61)40-54(70)42-65(63)72)50-69(85)76-15-21-94-27-33-100-36-30-97-24-18-79-103(90,91)58-12-6-9-53(39-58)62-45-81(3)47-64-60(62)41-55(71)43-66(64)73/h4-12,37-43,61-62,77-79H,13-36,44-50H2,1-3H3,(H,74,83)(H,75,84)(H,76,85). The fraction of sp³-hybridized carbons (Fsp3) is 0.522. The number of nitrogens with one attached hydrogen (secondary N) is 6. The van der Waals surface area contributed by atoms with Gasteiger partial charge in [0.2, 0.25) is 47.8 Å². The average molecular weight is 1580 g/mol. The van der Waals surface area contributed by atoms with Crippen molar-refractivity contribution in [2.75, 3.05) is 205 Å². The molecular formula is C69H95Cl4N9O18S3. The molecule has 2 aliphatic rings. The van der Waals surface area contributed by atoms with E-state index in [4.69, 9.17) is 89.0 Å². The Morgan fingerprint density at radius 3 is 1.02 bits per heavy atom. The molecule has 5 aromatic rings. The number of rotatable bonds is 50. The third-order valence-corrected chi connectivity index (χ3v) is 21.6. The molecule has 0 spiro atoms. The van der Waals surface area contributed by atoms with Crippen LogP contribution in [0.25, 0.3) is 0 Å². The van der Waals surface area contributed by atoms with Crippen LogP contribution in [0.15, 0.2) is 112 Å². The molecule has 5 aromatic carbocycles. The highest BCUT2D eigenvalue weighted by Gasteiger charge is 2.31. The molecule has 0 fully saturated rings. The van der Waals surface area contributed by atoms with Gasteiger partial charge in [-0.25, -0.2) is 39.4 Å². The molecule has 0 saturated carbocycles. The maximum absolute atomic E-state index is 13.3. The van der Waals surface area contributed by atoms with E-state index < -0.39 is 47.8 Å². The van der Waals surface area contributed by atoms with Crippen molar-refractivity contribution in [2.45, 2.75) is 46.5 Å². The summed E-state index contributed by atoms with van der Waals surface area (Å²) in [5.74, 6) is -1.61. The van der Waals surface area contributed by atoms with Crippen molar-refractivity contribution in [1.29, 1.82) is 0 Å². The minimum absolute atomic E-state index is 0.0433. The van der Waals surface area contributed by atoms with Crippen LogP contribution in [0.4, 0.5) is 0 Å². The van der Waals surface area contributed by atoms with Crippen LogP contribution in [0.3, 0.4) is 0 Å². The Bertz CT molecular complexity index is 3670. The Hall–Kier alpha value is -5.08. The van der Waals surface area contributed by atoms with E-state index in [2.05, 4.69) is 39.9 Å². The van der Waals surface area contributed by atoms with E-state index in [0.717, 1.165) is 38.9 Å². The average Bonchev–Trinajstić information content (AvgIpc) is 0.778. The Labute approximate surface area is 624 Å². The number of halogens is 4. The molecule has 2 aliphatic heterocycles. The van der Waals surface area contributed by atoms with Crippen molar-refractivity contribution in [3.63, 3.8) is 0 Å². The first kappa shape index (κ1) is 85.2. The molecule has 6 N–H and O–H groups in total. The van der Waals surface area contributed by atoms with Gasteiger partial charge in [-0.3, -0.25) is 19.3 Å². The molecule has 0 aliphatic carbocycles. The number of aryl methyl sites for hydroxylation is 1. The van der Waals surface area contributed by atoms with Crippen LogP contribution >= 0.6 is 46.4 Å². The zero-order valence-corrected chi connectivity index (χ0v) is 63.7. The number of hydrogen-bond donors (Lipinski definition) is 6. The van der Waals surface area contributed by atoms with E-state index in [9.17, 15) is 39.6 Å². The lowest BCUT2D eigenvalue weighted by molar-refractivity contribution is -0.128.